The number of hydrogen-bond donors (Lipinski definition) is 1. The van der Waals surface area contributed by atoms with E-state index in [1.165, 1.54) is 17.1 Å². The minimum atomic E-state index is -0.359. The zero-order valence-electron chi connectivity index (χ0n) is 15.0. The standard InChI is InChI=1S/C20H21FN4O2/c1-24(10-9-22)20(26)25-19(13-5-3-2-4-6-13)16-12-27-17-8-7-14(21)11-15(17)18(16)23-25/h2-8,11,16,19H,9-10,12,22H2,1H3/t16-,19+/m0/s1. The van der Waals surface area contributed by atoms with Crippen LogP contribution >= 0.6 is 0 Å². The van der Waals surface area contributed by atoms with Crippen molar-refractivity contribution in [3.63, 3.8) is 0 Å². The van der Waals surface area contributed by atoms with E-state index in [0.717, 1.165) is 5.56 Å². The number of halogens is 1. The molecule has 2 aromatic carbocycles. The molecule has 140 valence electrons. The third-order valence-electron chi connectivity index (χ3n) is 4.98. The Morgan fingerprint density at radius 3 is 2.85 bits per heavy atom. The molecule has 0 aromatic heterocycles. The summed E-state index contributed by atoms with van der Waals surface area (Å²) in [7, 11) is 1.70. The van der Waals surface area contributed by atoms with Crippen LogP contribution in [0.5, 0.6) is 5.75 Å². The van der Waals surface area contributed by atoms with E-state index in [4.69, 9.17) is 10.5 Å². The summed E-state index contributed by atoms with van der Waals surface area (Å²) in [5.74, 6) is 0.0572. The van der Waals surface area contributed by atoms with Crippen molar-refractivity contribution >= 4 is 11.7 Å². The summed E-state index contributed by atoms with van der Waals surface area (Å²) >= 11 is 0. The van der Waals surface area contributed by atoms with Gasteiger partial charge < -0.3 is 15.4 Å². The minimum absolute atomic E-state index is 0.170. The van der Waals surface area contributed by atoms with Crippen molar-refractivity contribution < 1.29 is 13.9 Å². The smallest absolute Gasteiger partial charge is 0.340 e. The quantitative estimate of drug-likeness (QED) is 0.905. The fourth-order valence-electron chi connectivity index (χ4n) is 3.65. The van der Waals surface area contributed by atoms with Gasteiger partial charge in [-0.25, -0.2) is 14.2 Å². The van der Waals surface area contributed by atoms with Gasteiger partial charge in [-0.2, -0.15) is 5.10 Å². The van der Waals surface area contributed by atoms with Gasteiger partial charge in [0.2, 0.25) is 0 Å². The molecule has 2 N–H and O–H groups in total. The van der Waals surface area contributed by atoms with Gasteiger partial charge in [-0.1, -0.05) is 30.3 Å². The third-order valence-corrected chi connectivity index (χ3v) is 4.98. The molecule has 7 heteroatoms. The lowest BCUT2D eigenvalue weighted by atomic mass is 9.86. The predicted molar refractivity (Wildman–Crippen MR) is 100 cm³/mol. The zero-order chi connectivity index (χ0) is 19.0. The Kier molecular flexibility index (Phi) is 4.53. The molecule has 2 heterocycles. The zero-order valence-corrected chi connectivity index (χ0v) is 15.0. The fourth-order valence-corrected chi connectivity index (χ4v) is 3.65. The lowest BCUT2D eigenvalue weighted by Crippen LogP contribution is -2.42. The average molecular weight is 368 g/mol. The SMILES string of the molecule is CN(CCN)C(=O)N1N=C2c3cc(F)ccc3OC[C@@H]2[C@H]1c1ccccc1. The molecule has 2 aliphatic heterocycles. The number of carbonyl (C=O) groups excluding carboxylic acids is 1. The minimum Gasteiger partial charge on any atom is -0.492 e. The number of fused-ring (bicyclic) bond motifs is 3. The third kappa shape index (κ3) is 3.04. The monoisotopic (exact) mass is 368 g/mol. The largest absolute Gasteiger partial charge is 0.492 e. The first kappa shape index (κ1) is 17.5. The van der Waals surface area contributed by atoms with Gasteiger partial charge >= 0.3 is 6.03 Å². The Hall–Kier alpha value is -2.93. The number of likely N-dealkylation sites (N-methyl/N-ethyl adjacent to an activating group) is 1. The van der Waals surface area contributed by atoms with E-state index in [0.29, 0.717) is 36.7 Å². The van der Waals surface area contributed by atoms with Crippen LogP contribution in [0.1, 0.15) is 17.2 Å². The topological polar surface area (TPSA) is 71.2 Å². The van der Waals surface area contributed by atoms with Crippen LogP contribution < -0.4 is 10.5 Å². The van der Waals surface area contributed by atoms with E-state index in [1.54, 1.807) is 18.0 Å². The number of amides is 2. The first-order valence-electron chi connectivity index (χ1n) is 8.90. The Balaban J connectivity index is 1.78. The molecule has 2 aliphatic rings. The molecule has 0 spiro atoms. The van der Waals surface area contributed by atoms with Crippen molar-refractivity contribution in [2.75, 3.05) is 26.7 Å². The Bertz CT molecular complexity index is 887. The highest BCUT2D eigenvalue weighted by Gasteiger charge is 2.45. The van der Waals surface area contributed by atoms with Crippen LogP contribution in [-0.4, -0.2) is 48.4 Å². The van der Waals surface area contributed by atoms with Crippen molar-refractivity contribution in [1.82, 2.24) is 9.91 Å². The molecule has 0 radical (unpaired) electrons. The second-order valence-corrected chi connectivity index (χ2v) is 6.74. The molecular formula is C20H21FN4O2. The normalized spacial score (nSPS) is 20.4. The highest BCUT2D eigenvalue weighted by atomic mass is 19.1. The fraction of sp³-hybridized carbons (Fsp3) is 0.300. The summed E-state index contributed by atoms with van der Waals surface area (Å²) in [6.07, 6.45) is 0. The van der Waals surface area contributed by atoms with Gasteiger partial charge in [0, 0.05) is 25.7 Å². The Labute approximate surface area is 157 Å². The number of nitrogens with zero attached hydrogens (tertiary/aromatic N) is 3. The van der Waals surface area contributed by atoms with Crippen molar-refractivity contribution in [3.8, 4) is 5.75 Å². The van der Waals surface area contributed by atoms with Gasteiger partial charge in [0.15, 0.2) is 0 Å². The summed E-state index contributed by atoms with van der Waals surface area (Å²) in [4.78, 5) is 14.6. The van der Waals surface area contributed by atoms with Gasteiger partial charge in [-0.05, 0) is 23.8 Å². The van der Waals surface area contributed by atoms with Gasteiger partial charge in [0.25, 0.3) is 0 Å². The van der Waals surface area contributed by atoms with E-state index in [-0.39, 0.29) is 23.8 Å². The van der Waals surface area contributed by atoms with Crippen LogP contribution in [0.4, 0.5) is 9.18 Å². The molecule has 2 amide bonds. The number of hydrazone groups is 1. The highest BCUT2D eigenvalue weighted by Crippen LogP contribution is 2.42. The van der Waals surface area contributed by atoms with Gasteiger partial charge in [0.1, 0.15) is 11.6 Å². The van der Waals surface area contributed by atoms with Crippen LogP contribution in [0, 0.1) is 11.7 Å². The number of hydrogen-bond acceptors (Lipinski definition) is 4. The Morgan fingerprint density at radius 1 is 1.33 bits per heavy atom. The number of rotatable bonds is 3. The maximum atomic E-state index is 13.8. The Morgan fingerprint density at radius 2 is 2.11 bits per heavy atom. The van der Waals surface area contributed by atoms with Gasteiger partial charge in [-0.15, -0.1) is 0 Å². The molecule has 0 aliphatic carbocycles. The number of ether oxygens (including phenoxy) is 1. The van der Waals surface area contributed by atoms with E-state index in [1.807, 2.05) is 30.3 Å². The van der Waals surface area contributed by atoms with Gasteiger partial charge in [-0.3, -0.25) is 0 Å². The van der Waals surface area contributed by atoms with Crippen molar-refractivity contribution in [2.24, 2.45) is 16.8 Å². The van der Waals surface area contributed by atoms with E-state index < -0.39 is 0 Å². The first-order valence-corrected chi connectivity index (χ1v) is 8.90. The number of nitrogens with two attached hydrogens (primary N) is 1. The summed E-state index contributed by atoms with van der Waals surface area (Å²) in [5.41, 5.74) is 7.84. The summed E-state index contributed by atoms with van der Waals surface area (Å²) in [6, 6.07) is 13.5. The van der Waals surface area contributed by atoms with Crippen LogP contribution in [0.3, 0.4) is 0 Å². The molecule has 0 bridgehead atoms. The van der Waals surface area contributed by atoms with Crippen molar-refractivity contribution in [3.05, 3.63) is 65.5 Å². The van der Waals surface area contributed by atoms with Crippen LogP contribution in [0.15, 0.2) is 53.6 Å². The summed E-state index contributed by atoms with van der Waals surface area (Å²) < 4.78 is 19.7. The first-order chi connectivity index (χ1) is 13.1. The van der Waals surface area contributed by atoms with Crippen LogP contribution in [0.25, 0.3) is 0 Å². The second-order valence-electron chi connectivity index (χ2n) is 6.74. The van der Waals surface area contributed by atoms with Gasteiger partial charge in [0.05, 0.1) is 24.3 Å². The molecule has 0 saturated carbocycles. The van der Waals surface area contributed by atoms with Crippen molar-refractivity contribution in [2.45, 2.75) is 6.04 Å². The maximum absolute atomic E-state index is 13.8. The molecule has 4 rings (SSSR count). The summed E-state index contributed by atoms with van der Waals surface area (Å²) in [6.45, 7) is 1.17. The van der Waals surface area contributed by atoms with E-state index in [9.17, 15) is 9.18 Å². The number of benzene rings is 2. The van der Waals surface area contributed by atoms with Crippen LogP contribution in [-0.2, 0) is 0 Å². The maximum Gasteiger partial charge on any atom is 0.340 e. The average Bonchev–Trinajstić information content (AvgIpc) is 3.08. The molecular weight excluding hydrogens is 347 g/mol. The van der Waals surface area contributed by atoms with E-state index >= 15 is 0 Å². The molecule has 0 fully saturated rings. The van der Waals surface area contributed by atoms with Crippen LogP contribution in [0.2, 0.25) is 0 Å². The summed E-state index contributed by atoms with van der Waals surface area (Å²) in [5, 5.41) is 6.11. The number of urea groups is 1. The number of carbonyl (C=O) groups is 1. The lowest BCUT2D eigenvalue weighted by Gasteiger charge is -2.31. The predicted octanol–water partition coefficient (Wildman–Crippen LogP) is 2.61. The second kappa shape index (κ2) is 7.00. The lowest BCUT2D eigenvalue weighted by molar-refractivity contribution is 0.134. The van der Waals surface area contributed by atoms with E-state index in [2.05, 4.69) is 5.10 Å². The molecule has 6 nitrogen and oxygen atoms in total. The highest BCUT2D eigenvalue weighted by molar-refractivity contribution is 6.07. The molecule has 0 unspecified atom stereocenters. The molecule has 2 aromatic rings. The molecule has 0 saturated heterocycles. The van der Waals surface area contributed by atoms with Crippen molar-refractivity contribution in [1.29, 1.82) is 0 Å². The molecule has 2 atom stereocenters. The molecule has 27 heavy (non-hydrogen) atoms.